The third kappa shape index (κ3) is 4.28. The van der Waals surface area contributed by atoms with Crippen LogP contribution in [-0.4, -0.2) is 67.7 Å². The molecule has 0 radical (unpaired) electrons. The Bertz CT molecular complexity index is 537. The summed E-state index contributed by atoms with van der Waals surface area (Å²) in [7, 11) is 0. The highest BCUT2D eigenvalue weighted by atomic mass is 19.1. The van der Waals surface area contributed by atoms with Crippen LogP contribution in [0.25, 0.3) is 0 Å². The van der Waals surface area contributed by atoms with E-state index < -0.39 is 0 Å². The molecule has 3 rings (SSSR count). The molecule has 2 fully saturated rings. The summed E-state index contributed by atoms with van der Waals surface area (Å²) in [6, 6.07) is 6.37. The minimum absolute atomic E-state index is 0.101. The van der Waals surface area contributed by atoms with Gasteiger partial charge >= 0.3 is 0 Å². The van der Waals surface area contributed by atoms with Gasteiger partial charge in [-0.15, -0.1) is 0 Å². The van der Waals surface area contributed by atoms with Crippen LogP contribution in [0, 0.1) is 5.82 Å². The highest BCUT2D eigenvalue weighted by Gasteiger charge is 2.27. The highest BCUT2D eigenvalue weighted by molar-refractivity contribution is 5.78. The number of carbonyl (C=O) groups excluding carboxylic acids is 1. The van der Waals surface area contributed by atoms with Crippen molar-refractivity contribution in [2.75, 3.05) is 45.9 Å². The Hall–Kier alpha value is -1.50. The molecule has 23 heavy (non-hydrogen) atoms. The fourth-order valence-electron chi connectivity index (χ4n) is 3.06. The van der Waals surface area contributed by atoms with Gasteiger partial charge in [-0.2, -0.15) is 0 Å². The number of benzene rings is 1. The van der Waals surface area contributed by atoms with Crippen LogP contribution < -0.4 is 0 Å². The third-order valence-electron chi connectivity index (χ3n) is 4.35. The van der Waals surface area contributed by atoms with Crippen molar-refractivity contribution < 1.29 is 18.7 Å². The molecule has 2 aliphatic heterocycles. The summed E-state index contributed by atoms with van der Waals surface area (Å²) >= 11 is 0. The van der Waals surface area contributed by atoms with Crippen molar-refractivity contribution in [2.45, 2.75) is 19.1 Å². The summed E-state index contributed by atoms with van der Waals surface area (Å²) in [6.07, 6.45) is -0.00915. The molecule has 2 atom stereocenters. The van der Waals surface area contributed by atoms with Crippen molar-refractivity contribution in [1.82, 2.24) is 9.80 Å². The first-order valence-corrected chi connectivity index (χ1v) is 8.10. The average molecular weight is 322 g/mol. The molecule has 126 valence electrons. The van der Waals surface area contributed by atoms with Crippen molar-refractivity contribution in [2.24, 2.45) is 0 Å². The van der Waals surface area contributed by atoms with Crippen LogP contribution in [0.15, 0.2) is 24.3 Å². The first-order chi connectivity index (χ1) is 11.1. The van der Waals surface area contributed by atoms with Gasteiger partial charge in [0.1, 0.15) is 5.82 Å². The predicted octanol–water partition coefficient (Wildman–Crippen LogP) is 1.45. The van der Waals surface area contributed by atoms with Gasteiger partial charge in [0.2, 0.25) is 5.91 Å². The van der Waals surface area contributed by atoms with E-state index >= 15 is 0 Å². The Kier molecular flexibility index (Phi) is 5.25. The zero-order valence-corrected chi connectivity index (χ0v) is 13.4. The number of carbonyl (C=O) groups is 1. The van der Waals surface area contributed by atoms with Crippen LogP contribution in [-0.2, 0) is 14.3 Å². The van der Waals surface area contributed by atoms with E-state index in [1.165, 1.54) is 12.1 Å². The van der Waals surface area contributed by atoms with Crippen molar-refractivity contribution in [3.63, 3.8) is 0 Å². The normalized spacial score (nSPS) is 26.3. The lowest BCUT2D eigenvalue weighted by atomic mass is 10.1. The molecule has 0 aromatic heterocycles. The standard InChI is InChI=1S/C17H23FN2O3/c1-13-10-20(7-9-22-13)17(21)12-19-6-8-23-16(11-19)14-2-4-15(18)5-3-14/h2-5,13,16H,6-12H2,1H3/t13-,16-/m0/s1. The number of halogens is 1. The van der Waals surface area contributed by atoms with Crippen LogP contribution in [0.4, 0.5) is 4.39 Å². The van der Waals surface area contributed by atoms with Crippen molar-refractivity contribution in [1.29, 1.82) is 0 Å². The maximum atomic E-state index is 13.0. The van der Waals surface area contributed by atoms with Gasteiger partial charge in [0.25, 0.3) is 0 Å². The lowest BCUT2D eigenvalue weighted by Crippen LogP contribution is -2.50. The van der Waals surface area contributed by atoms with Crippen molar-refractivity contribution >= 4 is 5.91 Å². The monoisotopic (exact) mass is 322 g/mol. The number of hydrogen-bond donors (Lipinski definition) is 0. The van der Waals surface area contributed by atoms with Crippen molar-refractivity contribution in [3.05, 3.63) is 35.6 Å². The summed E-state index contributed by atoms with van der Waals surface area (Å²) in [6.45, 7) is 6.27. The van der Waals surface area contributed by atoms with E-state index in [2.05, 4.69) is 4.90 Å². The topological polar surface area (TPSA) is 42.0 Å². The molecule has 2 heterocycles. The molecule has 2 aliphatic rings. The van der Waals surface area contributed by atoms with Crippen molar-refractivity contribution in [3.8, 4) is 0 Å². The van der Waals surface area contributed by atoms with E-state index in [1.807, 2.05) is 11.8 Å². The number of hydrogen-bond acceptors (Lipinski definition) is 4. The number of morpholine rings is 2. The number of rotatable bonds is 3. The lowest BCUT2D eigenvalue weighted by molar-refractivity contribution is -0.141. The molecule has 0 spiro atoms. The molecule has 0 unspecified atom stereocenters. The molecule has 0 bridgehead atoms. The second-order valence-electron chi connectivity index (χ2n) is 6.17. The van der Waals surface area contributed by atoms with Crippen LogP contribution in [0.1, 0.15) is 18.6 Å². The zero-order chi connectivity index (χ0) is 16.2. The van der Waals surface area contributed by atoms with Gasteiger partial charge in [0.15, 0.2) is 0 Å². The van der Waals surface area contributed by atoms with Crippen LogP contribution in [0.3, 0.4) is 0 Å². The lowest BCUT2D eigenvalue weighted by Gasteiger charge is -2.36. The quantitative estimate of drug-likeness (QED) is 0.845. The average Bonchev–Trinajstić information content (AvgIpc) is 2.56. The fourth-order valence-corrected chi connectivity index (χ4v) is 3.06. The van der Waals surface area contributed by atoms with E-state index in [0.717, 1.165) is 12.1 Å². The van der Waals surface area contributed by atoms with Gasteiger partial charge in [-0.1, -0.05) is 12.1 Å². The summed E-state index contributed by atoms with van der Waals surface area (Å²) in [5, 5.41) is 0. The number of ether oxygens (including phenoxy) is 2. The van der Waals surface area contributed by atoms with Gasteiger partial charge in [0, 0.05) is 26.2 Å². The Balaban J connectivity index is 1.56. The van der Waals surface area contributed by atoms with E-state index in [-0.39, 0.29) is 23.9 Å². The highest BCUT2D eigenvalue weighted by Crippen LogP contribution is 2.22. The summed E-state index contributed by atoms with van der Waals surface area (Å²) in [4.78, 5) is 16.4. The van der Waals surface area contributed by atoms with E-state index in [4.69, 9.17) is 9.47 Å². The zero-order valence-electron chi connectivity index (χ0n) is 13.4. The minimum atomic E-state index is -0.252. The maximum Gasteiger partial charge on any atom is 0.236 e. The third-order valence-corrected chi connectivity index (χ3v) is 4.35. The molecule has 1 amide bonds. The largest absolute Gasteiger partial charge is 0.375 e. The Morgan fingerprint density at radius 2 is 1.91 bits per heavy atom. The minimum Gasteiger partial charge on any atom is -0.375 e. The maximum absolute atomic E-state index is 13.0. The molecule has 0 N–H and O–H groups in total. The smallest absolute Gasteiger partial charge is 0.236 e. The fraction of sp³-hybridized carbons (Fsp3) is 0.588. The molecule has 0 saturated carbocycles. The first-order valence-electron chi connectivity index (χ1n) is 8.10. The van der Waals surface area contributed by atoms with Crippen LogP contribution in [0.2, 0.25) is 0 Å². The van der Waals surface area contributed by atoms with Gasteiger partial charge in [-0.25, -0.2) is 4.39 Å². The molecule has 5 nitrogen and oxygen atoms in total. The van der Waals surface area contributed by atoms with Gasteiger partial charge in [0.05, 0.1) is 32.0 Å². The second-order valence-corrected chi connectivity index (χ2v) is 6.17. The molecule has 1 aromatic rings. The molecular weight excluding hydrogens is 299 g/mol. The molecule has 6 heteroatoms. The van der Waals surface area contributed by atoms with E-state index in [0.29, 0.717) is 39.4 Å². The first kappa shape index (κ1) is 16.4. The van der Waals surface area contributed by atoms with Crippen LogP contribution in [0.5, 0.6) is 0 Å². The van der Waals surface area contributed by atoms with E-state index in [1.54, 1.807) is 12.1 Å². The Labute approximate surface area is 136 Å². The van der Waals surface area contributed by atoms with Gasteiger partial charge in [-0.05, 0) is 24.6 Å². The summed E-state index contributed by atoms with van der Waals surface area (Å²) in [5.74, 6) is -0.113. The van der Waals surface area contributed by atoms with E-state index in [9.17, 15) is 9.18 Å². The molecule has 0 aliphatic carbocycles. The number of amides is 1. The van der Waals surface area contributed by atoms with Crippen LogP contribution >= 0.6 is 0 Å². The summed E-state index contributed by atoms with van der Waals surface area (Å²) in [5.41, 5.74) is 0.948. The Morgan fingerprint density at radius 3 is 2.65 bits per heavy atom. The molecule has 1 aromatic carbocycles. The Morgan fingerprint density at radius 1 is 1.17 bits per heavy atom. The summed E-state index contributed by atoms with van der Waals surface area (Å²) < 4.78 is 24.3. The molecular formula is C17H23FN2O3. The van der Waals surface area contributed by atoms with Gasteiger partial charge in [-0.3, -0.25) is 9.69 Å². The predicted molar refractivity (Wildman–Crippen MR) is 83.5 cm³/mol. The molecule has 2 saturated heterocycles. The second kappa shape index (κ2) is 7.38. The number of nitrogens with zero attached hydrogens (tertiary/aromatic N) is 2. The SMILES string of the molecule is C[C@H]1CN(C(=O)CN2CCO[C@H](c3ccc(F)cc3)C2)CCO1. The van der Waals surface area contributed by atoms with Gasteiger partial charge < -0.3 is 14.4 Å².